The minimum Gasteiger partial charge on any atom is -0.345 e. The second kappa shape index (κ2) is 8.81. The fraction of sp³-hybridized carbons (Fsp3) is 0.556. The van der Waals surface area contributed by atoms with E-state index in [9.17, 15) is 14.4 Å². The number of aliphatic imine (C=N–C) groups is 1. The van der Waals surface area contributed by atoms with Crippen molar-refractivity contribution in [3.8, 4) is 0 Å². The van der Waals surface area contributed by atoms with Crippen LogP contribution >= 0.6 is 0 Å². The third-order valence-electron chi connectivity index (χ3n) is 4.32. The topological polar surface area (TPSA) is 104 Å². The van der Waals surface area contributed by atoms with Crippen molar-refractivity contribution < 1.29 is 24.0 Å². The monoisotopic (exact) mass is 378 g/mol. The maximum absolute atomic E-state index is 12.5. The molecule has 148 valence electrons. The Morgan fingerprint density at radius 1 is 1.48 bits per heavy atom. The van der Waals surface area contributed by atoms with Crippen molar-refractivity contribution in [2.45, 2.75) is 38.8 Å². The van der Waals surface area contributed by atoms with Crippen LogP contribution in [0.1, 0.15) is 33.1 Å². The van der Waals surface area contributed by atoms with Crippen molar-refractivity contribution in [2.75, 3.05) is 27.4 Å². The summed E-state index contributed by atoms with van der Waals surface area (Å²) in [5.41, 5.74) is 0.589. The summed E-state index contributed by atoms with van der Waals surface area (Å²) in [6, 6.07) is 0. The summed E-state index contributed by atoms with van der Waals surface area (Å²) < 4.78 is 5.23. The average molecular weight is 378 g/mol. The Morgan fingerprint density at radius 3 is 2.78 bits per heavy atom. The molecule has 1 atom stereocenters. The molecule has 0 bridgehead atoms. The highest BCUT2D eigenvalue weighted by Gasteiger charge is 2.59. The third-order valence-corrected chi connectivity index (χ3v) is 4.32. The number of amides is 3. The van der Waals surface area contributed by atoms with E-state index in [1.165, 1.54) is 4.90 Å². The first-order chi connectivity index (χ1) is 12.8. The van der Waals surface area contributed by atoms with E-state index in [-0.39, 0.29) is 24.9 Å². The molecule has 2 fully saturated rings. The largest absolute Gasteiger partial charge is 0.433 e. The SMILES string of the molecule is C/C=C\C=C(/C)CC(=NC)C(=O)N(C)CNC(=O)ON1C(=O)CCC12CO2. The van der Waals surface area contributed by atoms with Gasteiger partial charge in [-0.15, -0.1) is 5.06 Å². The summed E-state index contributed by atoms with van der Waals surface area (Å²) in [6.45, 7) is 4.11. The maximum atomic E-state index is 12.5. The van der Waals surface area contributed by atoms with Crippen LogP contribution in [0.3, 0.4) is 0 Å². The van der Waals surface area contributed by atoms with Gasteiger partial charge in [-0.3, -0.25) is 14.6 Å². The number of allylic oxidation sites excluding steroid dienone is 4. The zero-order chi connectivity index (χ0) is 20.0. The van der Waals surface area contributed by atoms with Gasteiger partial charge in [0.15, 0.2) is 0 Å². The zero-order valence-electron chi connectivity index (χ0n) is 16.2. The van der Waals surface area contributed by atoms with Crippen LogP contribution < -0.4 is 5.32 Å². The summed E-state index contributed by atoms with van der Waals surface area (Å²) in [4.78, 5) is 46.6. The van der Waals surface area contributed by atoms with E-state index in [2.05, 4.69) is 10.3 Å². The van der Waals surface area contributed by atoms with Crippen molar-refractivity contribution >= 4 is 23.6 Å². The van der Waals surface area contributed by atoms with Crippen molar-refractivity contribution in [1.82, 2.24) is 15.3 Å². The van der Waals surface area contributed by atoms with Crippen molar-refractivity contribution in [3.05, 3.63) is 23.8 Å². The van der Waals surface area contributed by atoms with E-state index >= 15 is 0 Å². The predicted octanol–water partition coefficient (Wildman–Crippen LogP) is 1.38. The molecule has 2 aliphatic heterocycles. The van der Waals surface area contributed by atoms with Crippen LogP contribution in [0.4, 0.5) is 4.79 Å². The first kappa shape index (κ1) is 20.6. The molecule has 9 heteroatoms. The molecule has 0 aromatic carbocycles. The number of carbonyl (C=O) groups is 3. The van der Waals surface area contributed by atoms with Crippen LogP contribution in [0.5, 0.6) is 0 Å². The lowest BCUT2D eigenvalue weighted by molar-refractivity contribution is -0.179. The number of hydrogen-bond acceptors (Lipinski definition) is 6. The Bertz CT molecular complexity index is 694. The Kier molecular flexibility index (Phi) is 6.73. The fourth-order valence-electron chi connectivity index (χ4n) is 2.64. The van der Waals surface area contributed by atoms with E-state index in [0.717, 1.165) is 10.6 Å². The molecular weight excluding hydrogens is 352 g/mol. The highest BCUT2D eigenvalue weighted by Crippen LogP contribution is 2.41. The van der Waals surface area contributed by atoms with Gasteiger partial charge in [-0.05, 0) is 13.8 Å². The normalized spacial score (nSPS) is 22.5. The van der Waals surface area contributed by atoms with E-state index in [0.29, 0.717) is 25.2 Å². The molecular formula is C18H26N4O5. The highest BCUT2D eigenvalue weighted by atomic mass is 16.8. The van der Waals surface area contributed by atoms with Gasteiger partial charge in [0, 0.05) is 33.4 Å². The van der Waals surface area contributed by atoms with E-state index in [1.807, 2.05) is 32.1 Å². The lowest BCUT2D eigenvalue weighted by atomic mass is 10.1. The molecule has 0 aliphatic carbocycles. The lowest BCUT2D eigenvalue weighted by Gasteiger charge is -2.22. The maximum Gasteiger partial charge on any atom is 0.433 e. The van der Waals surface area contributed by atoms with Gasteiger partial charge in [-0.2, -0.15) is 0 Å². The van der Waals surface area contributed by atoms with Gasteiger partial charge in [0.05, 0.1) is 6.67 Å². The van der Waals surface area contributed by atoms with Crippen LogP contribution in [0.15, 0.2) is 28.8 Å². The standard InChI is InChI=1S/C18H26N4O5/c1-5-6-7-13(2)10-14(19-3)16(24)21(4)12-20-17(25)27-22-15(23)8-9-18(22)11-26-18/h5-7H,8-12H2,1-4H3,(H,20,25)/b6-5-,13-7+,19-14?. The molecule has 0 radical (unpaired) electrons. The minimum atomic E-state index is -0.820. The van der Waals surface area contributed by atoms with Crippen LogP contribution in [-0.4, -0.2) is 66.7 Å². The van der Waals surface area contributed by atoms with Crippen LogP contribution in [0.2, 0.25) is 0 Å². The van der Waals surface area contributed by atoms with Crippen LogP contribution in [-0.2, 0) is 19.2 Å². The molecule has 2 heterocycles. The molecule has 9 nitrogen and oxygen atoms in total. The fourth-order valence-corrected chi connectivity index (χ4v) is 2.64. The summed E-state index contributed by atoms with van der Waals surface area (Å²) in [5, 5.41) is 3.44. The zero-order valence-corrected chi connectivity index (χ0v) is 16.2. The first-order valence-electron chi connectivity index (χ1n) is 8.75. The van der Waals surface area contributed by atoms with Crippen molar-refractivity contribution in [2.24, 2.45) is 4.99 Å². The Hall–Kier alpha value is -2.68. The molecule has 2 aliphatic rings. The van der Waals surface area contributed by atoms with Gasteiger partial charge >= 0.3 is 6.09 Å². The summed E-state index contributed by atoms with van der Waals surface area (Å²) in [5.74, 6) is -0.596. The Labute approximate surface area is 158 Å². The first-order valence-corrected chi connectivity index (χ1v) is 8.75. The molecule has 0 aromatic rings. The van der Waals surface area contributed by atoms with E-state index in [1.54, 1.807) is 14.1 Å². The Balaban J connectivity index is 1.83. The van der Waals surface area contributed by atoms with Gasteiger partial charge in [0.25, 0.3) is 11.8 Å². The number of nitrogens with one attached hydrogen (secondary N) is 1. The predicted molar refractivity (Wildman–Crippen MR) is 98.6 cm³/mol. The number of hydrogen-bond donors (Lipinski definition) is 1. The summed E-state index contributed by atoms with van der Waals surface area (Å²) in [7, 11) is 3.10. The molecule has 2 saturated heterocycles. The summed E-state index contributed by atoms with van der Waals surface area (Å²) in [6.07, 6.45) is 6.09. The molecule has 2 rings (SSSR count). The molecule has 27 heavy (non-hydrogen) atoms. The average Bonchev–Trinajstić information content (AvgIpc) is 3.38. The lowest BCUT2D eigenvalue weighted by Crippen LogP contribution is -2.45. The molecule has 1 N–H and O–H groups in total. The second-order valence-electron chi connectivity index (χ2n) is 6.53. The minimum absolute atomic E-state index is 0.0792. The highest BCUT2D eigenvalue weighted by molar-refractivity contribution is 6.39. The summed E-state index contributed by atoms with van der Waals surface area (Å²) >= 11 is 0. The quantitative estimate of drug-likeness (QED) is 0.312. The van der Waals surface area contributed by atoms with Gasteiger partial charge < -0.3 is 19.8 Å². The third kappa shape index (κ3) is 5.16. The van der Waals surface area contributed by atoms with E-state index < -0.39 is 11.8 Å². The van der Waals surface area contributed by atoms with Crippen LogP contribution in [0, 0.1) is 0 Å². The number of hydroxylamine groups is 2. The second-order valence-corrected chi connectivity index (χ2v) is 6.53. The number of ether oxygens (including phenoxy) is 1. The van der Waals surface area contributed by atoms with Gasteiger partial charge in [0.2, 0.25) is 5.72 Å². The molecule has 1 unspecified atom stereocenters. The van der Waals surface area contributed by atoms with Gasteiger partial charge in [-0.1, -0.05) is 23.8 Å². The number of epoxide rings is 1. The van der Waals surface area contributed by atoms with Crippen molar-refractivity contribution in [1.29, 1.82) is 0 Å². The molecule has 3 amide bonds. The van der Waals surface area contributed by atoms with Crippen LogP contribution in [0.25, 0.3) is 0 Å². The number of carbonyl (C=O) groups excluding carboxylic acids is 3. The van der Waals surface area contributed by atoms with E-state index in [4.69, 9.17) is 9.57 Å². The van der Waals surface area contributed by atoms with Crippen molar-refractivity contribution in [3.63, 3.8) is 0 Å². The molecule has 0 saturated carbocycles. The van der Waals surface area contributed by atoms with Gasteiger partial charge in [0.1, 0.15) is 12.3 Å². The molecule has 0 aromatic heterocycles. The van der Waals surface area contributed by atoms with Gasteiger partial charge in [-0.25, -0.2) is 4.79 Å². The number of nitrogens with zero attached hydrogens (tertiary/aromatic N) is 3. The Morgan fingerprint density at radius 2 is 2.19 bits per heavy atom. The smallest absolute Gasteiger partial charge is 0.345 e. The number of rotatable bonds is 7. The molecule has 1 spiro atoms.